The lowest BCUT2D eigenvalue weighted by Gasteiger charge is -2.38. The Balaban J connectivity index is 2.28. The number of halogens is 3. The van der Waals surface area contributed by atoms with Crippen molar-refractivity contribution in [3.63, 3.8) is 0 Å². The summed E-state index contributed by atoms with van der Waals surface area (Å²) in [6.07, 6.45) is -4.93. The summed E-state index contributed by atoms with van der Waals surface area (Å²) in [5.74, 6) is -1.43. The average molecular weight is 415 g/mol. The van der Waals surface area contributed by atoms with Gasteiger partial charge in [-0.2, -0.15) is 13.2 Å². The molecule has 0 unspecified atom stereocenters. The van der Waals surface area contributed by atoms with Crippen molar-refractivity contribution in [2.24, 2.45) is 5.92 Å². The van der Waals surface area contributed by atoms with E-state index in [2.05, 4.69) is 0 Å². The summed E-state index contributed by atoms with van der Waals surface area (Å²) in [4.78, 5) is 37.6. The number of rotatable bonds is 5. The van der Waals surface area contributed by atoms with Crippen molar-refractivity contribution in [1.82, 2.24) is 4.90 Å². The SMILES string of the molecule is CCOC(=O)CC(=O)[C@H]1CCN(C(=O)OC)[C@H](c2ccc(C(F)(F)F)c(C)c2)C1. The summed E-state index contributed by atoms with van der Waals surface area (Å²) < 4.78 is 48.8. The molecule has 9 heteroatoms. The van der Waals surface area contributed by atoms with Gasteiger partial charge < -0.3 is 14.4 Å². The van der Waals surface area contributed by atoms with E-state index < -0.39 is 35.8 Å². The maximum Gasteiger partial charge on any atom is 0.416 e. The maximum atomic E-state index is 13.1. The second kappa shape index (κ2) is 9.28. The highest BCUT2D eigenvalue weighted by molar-refractivity contribution is 5.97. The first-order chi connectivity index (χ1) is 13.6. The normalized spacial score (nSPS) is 19.6. The van der Waals surface area contributed by atoms with Gasteiger partial charge >= 0.3 is 18.2 Å². The zero-order chi connectivity index (χ0) is 21.8. The number of amides is 1. The van der Waals surface area contributed by atoms with Crippen LogP contribution < -0.4 is 0 Å². The van der Waals surface area contributed by atoms with Crippen LogP contribution >= 0.6 is 0 Å². The van der Waals surface area contributed by atoms with Crippen LogP contribution in [0.15, 0.2) is 18.2 Å². The number of ether oxygens (including phenoxy) is 2. The molecule has 0 saturated carbocycles. The van der Waals surface area contributed by atoms with Crippen LogP contribution in [0, 0.1) is 12.8 Å². The summed E-state index contributed by atoms with van der Waals surface area (Å²) in [5.41, 5.74) is -0.245. The molecule has 1 fully saturated rings. The number of alkyl halides is 3. The Morgan fingerprint density at radius 1 is 1.24 bits per heavy atom. The molecule has 0 N–H and O–H groups in total. The maximum absolute atomic E-state index is 13.1. The molecule has 0 aliphatic carbocycles. The Morgan fingerprint density at radius 3 is 2.48 bits per heavy atom. The number of hydrogen-bond donors (Lipinski definition) is 0. The fraction of sp³-hybridized carbons (Fsp3) is 0.550. The van der Waals surface area contributed by atoms with Gasteiger partial charge in [-0.25, -0.2) is 4.79 Å². The third kappa shape index (κ3) is 5.48. The molecule has 1 aliphatic heterocycles. The van der Waals surface area contributed by atoms with E-state index in [1.54, 1.807) is 6.92 Å². The Hall–Kier alpha value is -2.58. The number of carbonyl (C=O) groups excluding carboxylic acids is 3. The van der Waals surface area contributed by atoms with E-state index in [0.29, 0.717) is 12.0 Å². The van der Waals surface area contributed by atoms with Crippen LogP contribution in [-0.4, -0.2) is 43.0 Å². The molecular formula is C20H24F3NO5. The van der Waals surface area contributed by atoms with Crippen molar-refractivity contribution in [2.75, 3.05) is 20.3 Å². The molecule has 1 heterocycles. The van der Waals surface area contributed by atoms with Crippen molar-refractivity contribution in [2.45, 2.75) is 45.3 Å². The number of piperidine rings is 1. The molecule has 1 aromatic rings. The third-order valence-electron chi connectivity index (χ3n) is 5.03. The molecule has 1 aromatic carbocycles. The lowest BCUT2D eigenvalue weighted by atomic mass is 9.83. The predicted octanol–water partition coefficient (Wildman–Crippen LogP) is 4.06. The largest absolute Gasteiger partial charge is 0.466 e. The fourth-order valence-corrected chi connectivity index (χ4v) is 3.62. The van der Waals surface area contributed by atoms with Gasteiger partial charge in [-0.1, -0.05) is 12.1 Å². The minimum atomic E-state index is -4.48. The number of likely N-dealkylation sites (tertiary alicyclic amines) is 1. The van der Waals surface area contributed by atoms with Gasteiger partial charge in [0, 0.05) is 12.5 Å². The molecule has 1 aliphatic rings. The number of nitrogens with zero attached hydrogens (tertiary/aromatic N) is 1. The molecule has 160 valence electrons. The van der Waals surface area contributed by atoms with Gasteiger partial charge in [0.2, 0.25) is 0 Å². The smallest absolute Gasteiger partial charge is 0.416 e. The van der Waals surface area contributed by atoms with E-state index in [0.717, 1.165) is 6.07 Å². The monoisotopic (exact) mass is 415 g/mol. The van der Waals surface area contributed by atoms with Gasteiger partial charge in [-0.15, -0.1) is 0 Å². The molecule has 6 nitrogen and oxygen atoms in total. The topological polar surface area (TPSA) is 72.9 Å². The van der Waals surface area contributed by atoms with Gasteiger partial charge in [-0.05, 0) is 43.9 Å². The number of esters is 1. The number of ketones is 1. The van der Waals surface area contributed by atoms with Gasteiger partial charge in [-0.3, -0.25) is 9.59 Å². The molecule has 1 saturated heterocycles. The lowest BCUT2D eigenvalue weighted by Crippen LogP contribution is -2.43. The summed E-state index contributed by atoms with van der Waals surface area (Å²) in [6.45, 7) is 3.35. The van der Waals surface area contributed by atoms with Gasteiger partial charge in [0.05, 0.1) is 25.3 Å². The van der Waals surface area contributed by atoms with Crippen LogP contribution in [0.3, 0.4) is 0 Å². The van der Waals surface area contributed by atoms with Crippen LogP contribution in [0.5, 0.6) is 0 Å². The third-order valence-corrected chi connectivity index (χ3v) is 5.03. The highest BCUT2D eigenvalue weighted by Crippen LogP contribution is 2.38. The predicted molar refractivity (Wildman–Crippen MR) is 97.0 cm³/mol. The zero-order valence-corrected chi connectivity index (χ0v) is 16.5. The van der Waals surface area contributed by atoms with Gasteiger partial charge in [0.1, 0.15) is 12.2 Å². The molecular weight excluding hydrogens is 391 g/mol. The number of carbonyl (C=O) groups is 3. The Kier molecular flexibility index (Phi) is 7.26. The Morgan fingerprint density at radius 2 is 1.93 bits per heavy atom. The molecule has 0 radical (unpaired) electrons. The molecule has 29 heavy (non-hydrogen) atoms. The van der Waals surface area contributed by atoms with Crippen molar-refractivity contribution >= 4 is 17.8 Å². The van der Waals surface area contributed by atoms with Crippen LogP contribution in [0.2, 0.25) is 0 Å². The molecule has 2 atom stereocenters. The number of benzene rings is 1. The zero-order valence-electron chi connectivity index (χ0n) is 16.5. The van der Waals surface area contributed by atoms with Gasteiger partial charge in [0.15, 0.2) is 0 Å². The first-order valence-electron chi connectivity index (χ1n) is 9.29. The molecule has 0 spiro atoms. The average Bonchev–Trinajstić information content (AvgIpc) is 2.65. The molecule has 1 amide bonds. The minimum Gasteiger partial charge on any atom is -0.466 e. The number of hydrogen-bond acceptors (Lipinski definition) is 5. The van der Waals surface area contributed by atoms with Crippen LogP contribution in [0.1, 0.15) is 48.9 Å². The van der Waals surface area contributed by atoms with E-state index in [-0.39, 0.29) is 37.3 Å². The van der Waals surface area contributed by atoms with Crippen LogP contribution in [-0.2, 0) is 25.2 Å². The Labute approximate surface area is 167 Å². The highest BCUT2D eigenvalue weighted by Gasteiger charge is 2.38. The van der Waals surface area contributed by atoms with Crippen LogP contribution in [0.25, 0.3) is 0 Å². The summed E-state index contributed by atoms with van der Waals surface area (Å²) in [7, 11) is 1.22. The highest BCUT2D eigenvalue weighted by atomic mass is 19.4. The first-order valence-corrected chi connectivity index (χ1v) is 9.29. The number of aryl methyl sites for hydroxylation is 1. The molecule has 0 aromatic heterocycles. The van der Waals surface area contributed by atoms with E-state index in [1.165, 1.54) is 31.1 Å². The summed E-state index contributed by atoms with van der Waals surface area (Å²) in [6, 6.07) is 3.04. The summed E-state index contributed by atoms with van der Waals surface area (Å²) in [5, 5.41) is 0. The second-order valence-corrected chi connectivity index (χ2v) is 6.92. The number of Topliss-reactive ketones (excluding diaryl/α,β-unsaturated/α-hetero) is 1. The standard InChI is InChI=1S/C20H24F3NO5/c1-4-29-18(26)11-17(25)14-7-8-24(19(27)28-3)16(10-14)13-5-6-15(12(2)9-13)20(21,22)23/h5-6,9,14,16H,4,7-8,10-11H2,1-3H3/t14-,16-/m0/s1. The fourth-order valence-electron chi connectivity index (χ4n) is 3.62. The van der Waals surface area contributed by atoms with Crippen molar-refractivity contribution in [3.8, 4) is 0 Å². The molecule has 2 rings (SSSR count). The minimum absolute atomic E-state index is 0.0276. The van der Waals surface area contributed by atoms with Crippen molar-refractivity contribution in [3.05, 3.63) is 34.9 Å². The van der Waals surface area contributed by atoms with E-state index >= 15 is 0 Å². The van der Waals surface area contributed by atoms with Crippen molar-refractivity contribution in [1.29, 1.82) is 0 Å². The number of methoxy groups -OCH3 is 1. The van der Waals surface area contributed by atoms with E-state index in [4.69, 9.17) is 9.47 Å². The first kappa shape index (κ1) is 22.7. The second-order valence-electron chi connectivity index (χ2n) is 6.92. The lowest BCUT2D eigenvalue weighted by molar-refractivity contribution is -0.146. The van der Waals surface area contributed by atoms with Gasteiger partial charge in [0.25, 0.3) is 0 Å². The Bertz CT molecular complexity index is 778. The summed E-state index contributed by atoms with van der Waals surface area (Å²) >= 11 is 0. The van der Waals surface area contributed by atoms with E-state index in [1.807, 2.05) is 0 Å². The van der Waals surface area contributed by atoms with E-state index in [9.17, 15) is 27.6 Å². The quantitative estimate of drug-likeness (QED) is 0.536. The van der Waals surface area contributed by atoms with Crippen LogP contribution in [0.4, 0.5) is 18.0 Å². The van der Waals surface area contributed by atoms with Crippen molar-refractivity contribution < 1.29 is 37.0 Å². The molecule has 0 bridgehead atoms.